The number of alkyl halides is 1. The first kappa shape index (κ1) is 24.4. The highest BCUT2D eigenvalue weighted by Crippen LogP contribution is 2.52. The molecule has 5 nitrogen and oxygen atoms in total. The molecule has 0 saturated carbocycles. The fourth-order valence-electron chi connectivity index (χ4n) is 3.03. The molecule has 30 heavy (non-hydrogen) atoms. The molecule has 2 aromatic carbocycles. The Morgan fingerprint density at radius 2 is 1.53 bits per heavy atom. The molecule has 0 heterocycles. The summed E-state index contributed by atoms with van der Waals surface area (Å²) < 4.78 is 24.2. The number of hydrogen-bond donors (Lipinski definition) is 1. The fourth-order valence-corrected chi connectivity index (χ4v) is 4.95. The van der Waals surface area contributed by atoms with Crippen LogP contribution in [0.15, 0.2) is 72.1 Å². The molecule has 0 aliphatic heterocycles. The van der Waals surface area contributed by atoms with Gasteiger partial charge in [-0.15, -0.1) is 11.6 Å². The third-order valence-corrected chi connectivity index (χ3v) is 6.83. The lowest BCUT2D eigenvalue weighted by atomic mass is 9.95. The van der Waals surface area contributed by atoms with Gasteiger partial charge in [-0.2, -0.15) is 0 Å². The van der Waals surface area contributed by atoms with Crippen molar-refractivity contribution in [2.45, 2.75) is 38.6 Å². The van der Waals surface area contributed by atoms with E-state index in [4.69, 9.17) is 20.6 Å². The number of halogens is 1. The lowest BCUT2D eigenvalue weighted by Crippen LogP contribution is -2.32. The van der Waals surface area contributed by atoms with E-state index in [1.54, 1.807) is 38.1 Å². The Morgan fingerprint density at radius 1 is 1.00 bits per heavy atom. The Balaban J connectivity index is 2.54. The molecule has 0 aromatic heterocycles. The normalized spacial score (nSPS) is 14.2. The van der Waals surface area contributed by atoms with Crippen molar-refractivity contribution in [3.8, 4) is 0 Å². The van der Waals surface area contributed by atoms with Gasteiger partial charge in [-0.25, -0.2) is 0 Å². The van der Waals surface area contributed by atoms with Gasteiger partial charge in [-0.1, -0.05) is 55.5 Å². The minimum atomic E-state index is -3.53. The fraction of sp³-hybridized carbons (Fsp3) is 0.348. The van der Waals surface area contributed by atoms with Gasteiger partial charge in [-0.05, 0) is 43.5 Å². The zero-order valence-electron chi connectivity index (χ0n) is 17.6. The zero-order chi connectivity index (χ0) is 22.0. The maximum absolute atomic E-state index is 13.2. The van der Waals surface area contributed by atoms with Crippen LogP contribution in [0.5, 0.6) is 0 Å². The molecule has 0 spiro atoms. The van der Waals surface area contributed by atoms with Gasteiger partial charge in [0.05, 0.1) is 24.6 Å². The van der Waals surface area contributed by atoms with Crippen LogP contribution in [0.2, 0.25) is 0 Å². The van der Waals surface area contributed by atoms with Crippen molar-refractivity contribution in [3.63, 3.8) is 0 Å². The molecule has 2 rings (SSSR count). The van der Waals surface area contributed by atoms with Gasteiger partial charge in [0.2, 0.25) is 0 Å². The Kier molecular flexibility index (Phi) is 9.80. The van der Waals surface area contributed by atoms with E-state index in [1.165, 1.54) is 5.82 Å². The van der Waals surface area contributed by atoms with Gasteiger partial charge in [0, 0.05) is 11.4 Å². The molecule has 1 N–H and O–H groups in total. The summed E-state index contributed by atoms with van der Waals surface area (Å²) in [6.07, 6.45) is 0.580. The number of rotatable bonds is 11. The van der Waals surface area contributed by atoms with E-state index in [0.717, 1.165) is 5.56 Å². The van der Waals surface area contributed by atoms with E-state index in [2.05, 4.69) is 5.32 Å². The highest BCUT2D eigenvalue weighted by Gasteiger charge is 2.30. The summed E-state index contributed by atoms with van der Waals surface area (Å²) in [4.78, 5) is 12.9. The molecule has 0 fully saturated rings. The SMILES string of the molecule is CCOP(=O)(/C=C(\C(Cl)CC)C(NC(=O)c1ccccc1)c1ccccc1)OCC. The van der Waals surface area contributed by atoms with Crippen molar-refractivity contribution in [1.29, 1.82) is 0 Å². The molecule has 0 radical (unpaired) electrons. The van der Waals surface area contributed by atoms with Crippen LogP contribution < -0.4 is 5.32 Å². The van der Waals surface area contributed by atoms with Gasteiger partial charge >= 0.3 is 7.60 Å². The molecule has 7 heteroatoms. The van der Waals surface area contributed by atoms with Crippen LogP contribution in [-0.2, 0) is 13.6 Å². The first-order chi connectivity index (χ1) is 14.4. The Morgan fingerprint density at radius 3 is 2.03 bits per heavy atom. The van der Waals surface area contributed by atoms with Gasteiger partial charge < -0.3 is 14.4 Å². The Bertz CT molecular complexity index is 863. The number of amides is 1. The molecule has 2 unspecified atom stereocenters. The quantitative estimate of drug-likeness (QED) is 0.322. The molecule has 0 bridgehead atoms. The number of hydrogen-bond acceptors (Lipinski definition) is 4. The standard InChI is InChI=1S/C23H29ClNO4P/c1-4-21(24)20(17-30(27,28-5-2)29-6-3)22(18-13-9-7-10-14-18)25-23(26)19-15-11-8-12-16-19/h7-17,21-22H,4-6H2,1-3H3,(H,25,26)/b20-17+. The van der Waals surface area contributed by atoms with Crippen LogP contribution in [0.4, 0.5) is 0 Å². The third-order valence-electron chi connectivity index (χ3n) is 4.42. The second-order valence-electron chi connectivity index (χ2n) is 6.56. The summed E-state index contributed by atoms with van der Waals surface area (Å²) in [6.45, 7) is 5.89. The topological polar surface area (TPSA) is 64.6 Å². The zero-order valence-corrected chi connectivity index (χ0v) is 19.2. The summed E-state index contributed by atoms with van der Waals surface area (Å²) in [7, 11) is -3.53. The molecular weight excluding hydrogens is 421 g/mol. The first-order valence-corrected chi connectivity index (χ1v) is 12.1. The van der Waals surface area contributed by atoms with Crippen molar-refractivity contribution in [3.05, 3.63) is 83.2 Å². The van der Waals surface area contributed by atoms with Gasteiger partial charge in [0.1, 0.15) is 0 Å². The van der Waals surface area contributed by atoms with E-state index in [-0.39, 0.29) is 19.1 Å². The van der Waals surface area contributed by atoms with Crippen LogP contribution in [0.25, 0.3) is 0 Å². The summed E-state index contributed by atoms with van der Waals surface area (Å²) in [5, 5.41) is 2.58. The van der Waals surface area contributed by atoms with Crippen molar-refractivity contribution < 1.29 is 18.4 Å². The summed E-state index contributed by atoms with van der Waals surface area (Å²) in [6, 6.07) is 17.8. The van der Waals surface area contributed by atoms with E-state index in [9.17, 15) is 9.36 Å². The third kappa shape index (κ3) is 6.82. The first-order valence-electron chi connectivity index (χ1n) is 10.1. The minimum absolute atomic E-state index is 0.229. The van der Waals surface area contributed by atoms with E-state index in [0.29, 0.717) is 17.6 Å². The summed E-state index contributed by atoms with van der Waals surface area (Å²) in [5.74, 6) is 1.22. The van der Waals surface area contributed by atoms with Crippen LogP contribution in [-0.4, -0.2) is 24.5 Å². The molecule has 1 amide bonds. The largest absolute Gasteiger partial charge is 0.354 e. The van der Waals surface area contributed by atoms with E-state index < -0.39 is 19.0 Å². The number of carbonyl (C=O) groups excluding carboxylic acids is 1. The van der Waals surface area contributed by atoms with Gasteiger partial charge in [-0.3, -0.25) is 9.36 Å². The minimum Gasteiger partial charge on any atom is -0.341 e. The Labute approximate surface area is 184 Å². The summed E-state index contributed by atoms with van der Waals surface area (Å²) >= 11 is 6.66. The molecular formula is C23H29ClNO4P. The molecule has 0 saturated heterocycles. The molecule has 2 atom stereocenters. The average molecular weight is 450 g/mol. The average Bonchev–Trinajstić information content (AvgIpc) is 2.77. The summed E-state index contributed by atoms with van der Waals surface area (Å²) in [5.41, 5.74) is 1.93. The number of benzene rings is 2. The smallest absolute Gasteiger partial charge is 0.341 e. The van der Waals surface area contributed by atoms with Crippen LogP contribution in [0.1, 0.15) is 49.2 Å². The lowest BCUT2D eigenvalue weighted by Gasteiger charge is -2.27. The van der Waals surface area contributed by atoms with Gasteiger partial charge in [0.15, 0.2) is 0 Å². The second-order valence-corrected chi connectivity index (χ2v) is 8.94. The highest BCUT2D eigenvalue weighted by atomic mass is 35.5. The van der Waals surface area contributed by atoms with Gasteiger partial charge in [0.25, 0.3) is 5.91 Å². The number of carbonyl (C=O) groups is 1. The lowest BCUT2D eigenvalue weighted by molar-refractivity contribution is 0.0941. The van der Waals surface area contributed by atoms with Crippen molar-refractivity contribution in [1.82, 2.24) is 5.32 Å². The van der Waals surface area contributed by atoms with Crippen molar-refractivity contribution >= 4 is 25.1 Å². The monoisotopic (exact) mass is 449 g/mol. The van der Waals surface area contributed by atoms with E-state index in [1.807, 2.05) is 43.3 Å². The molecule has 0 aliphatic carbocycles. The van der Waals surface area contributed by atoms with Crippen molar-refractivity contribution in [2.75, 3.05) is 13.2 Å². The van der Waals surface area contributed by atoms with E-state index >= 15 is 0 Å². The molecule has 0 aliphatic rings. The van der Waals surface area contributed by atoms with Crippen LogP contribution in [0.3, 0.4) is 0 Å². The predicted octanol–water partition coefficient (Wildman–Crippen LogP) is 6.33. The van der Waals surface area contributed by atoms with Crippen LogP contribution >= 0.6 is 19.2 Å². The highest BCUT2D eigenvalue weighted by molar-refractivity contribution is 7.57. The maximum atomic E-state index is 13.2. The molecule has 162 valence electrons. The van der Waals surface area contributed by atoms with Crippen LogP contribution in [0, 0.1) is 0 Å². The molecule has 2 aromatic rings. The predicted molar refractivity (Wildman–Crippen MR) is 122 cm³/mol. The second kappa shape index (κ2) is 12.1. The Hall–Kier alpha value is -1.91. The van der Waals surface area contributed by atoms with Crippen molar-refractivity contribution in [2.24, 2.45) is 0 Å². The maximum Gasteiger partial charge on any atom is 0.354 e. The number of nitrogens with one attached hydrogen (secondary N) is 1.